The van der Waals surface area contributed by atoms with Crippen LogP contribution in [0, 0.1) is 5.92 Å². The van der Waals surface area contributed by atoms with E-state index in [9.17, 15) is 4.79 Å². The molecule has 2 unspecified atom stereocenters. The molecule has 1 aliphatic heterocycles. The number of hydrogen-bond donors (Lipinski definition) is 3. The van der Waals surface area contributed by atoms with E-state index < -0.39 is 0 Å². The van der Waals surface area contributed by atoms with Gasteiger partial charge in [0.15, 0.2) is 16.7 Å². The van der Waals surface area contributed by atoms with Gasteiger partial charge in [-0.2, -0.15) is 0 Å². The number of nitrogens with one attached hydrogen (secondary N) is 3. The topological polar surface area (TPSA) is 101 Å². The van der Waals surface area contributed by atoms with Gasteiger partial charge in [0.05, 0.1) is 20.0 Å². The van der Waals surface area contributed by atoms with Gasteiger partial charge in [-0.3, -0.25) is 4.79 Å². The Hall–Kier alpha value is -3.56. The Morgan fingerprint density at radius 2 is 1.92 bits per heavy atom. The molecule has 0 aliphatic carbocycles. The van der Waals surface area contributed by atoms with Gasteiger partial charge in [0.1, 0.15) is 0 Å². The molecule has 5 rings (SSSR count). The van der Waals surface area contributed by atoms with E-state index in [1.807, 2.05) is 24.4 Å². The minimum Gasteiger partial charge on any atom is -0.493 e. The monoisotopic (exact) mass is 531 g/mol. The average molecular weight is 532 g/mol. The van der Waals surface area contributed by atoms with Gasteiger partial charge in [-0.25, -0.2) is 9.97 Å². The second-order valence-electron chi connectivity index (χ2n) is 9.50. The number of aromatic nitrogens is 3. The van der Waals surface area contributed by atoms with Crippen LogP contribution in [0.4, 0.5) is 0 Å². The number of rotatable bonds is 10. The Bertz CT molecular complexity index is 1370. The zero-order valence-electron chi connectivity index (χ0n) is 21.7. The lowest BCUT2D eigenvalue weighted by molar-refractivity contribution is -0.119. The first kappa shape index (κ1) is 26.1. The maximum absolute atomic E-state index is 13.0. The van der Waals surface area contributed by atoms with Crippen molar-refractivity contribution < 1.29 is 14.3 Å². The summed E-state index contributed by atoms with van der Waals surface area (Å²) in [6.07, 6.45) is 8.52. The van der Waals surface area contributed by atoms with E-state index in [4.69, 9.17) is 9.47 Å². The maximum Gasteiger partial charge on any atom is 0.230 e. The number of H-pyrrole nitrogens is 1. The summed E-state index contributed by atoms with van der Waals surface area (Å²) in [4.78, 5) is 25.2. The number of fused-ring (bicyclic) bond motifs is 1. The van der Waals surface area contributed by atoms with Crippen molar-refractivity contribution in [3.8, 4) is 22.6 Å². The number of ether oxygens (including phenoxy) is 2. The van der Waals surface area contributed by atoms with Gasteiger partial charge in [0.25, 0.3) is 0 Å². The molecule has 2 atom stereocenters. The molecule has 2 aromatic heterocycles. The van der Waals surface area contributed by atoms with E-state index in [-0.39, 0.29) is 17.7 Å². The molecular formula is C29H33N5O3S. The van der Waals surface area contributed by atoms with E-state index in [1.165, 1.54) is 22.7 Å². The van der Waals surface area contributed by atoms with Crippen LogP contribution >= 0.6 is 11.8 Å². The fraction of sp³-hybridized carbons (Fsp3) is 0.345. The van der Waals surface area contributed by atoms with Crippen molar-refractivity contribution in [2.45, 2.75) is 30.5 Å². The fourth-order valence-corrected chi connectivity index (χ4v) is 5.57. The number of amides is 1. The summed E-state index contributed by atoms with van der Waals surface area (Å²) in [5.74, 6) is 1.98. The molecule has 0 saturated carbocycles. The number of methoxy groups -OCH3 is 2. The number of hydrogen-bond acceptors (Lipinski definition) is 7. The van der Waals surface area contributed by atoms with E-state index in [0.29, 0.717) is 22.6 Å². The third-order valence-corrected chi connectivity index (χ3v) is 7.88. The van der Waals surface area contributed by atoms with Crippen molar-refractivity contribution in [1.82, 2.24) is 25.6 Å². The Balaban J connectivity index is 1.21. The summed E-state index contributed by atoms with van der Waals surface area (Å²) in [7, 11) is 3.22. The molecule has 0 spiro atoms. The van der Waals surface area contributed by atoms with Gasteiger partial charge in [-0.15, -0.1) is 0 Å². The van der Waals surface area contributed by atoms with Gasteiger partial charge >= 0.3 is 0 Å². The molecule has 0 radical (unpaired) electrons. The van der Waals surface area contributed by atoms with Crippen LogP contribution < -0.4 is 20.1 Å². The van der Waals surface area contributed by atoms with Crippen LogP contribution in [0.2, 0.25) is 0 Å². The second-order valence-corrected chi connectivity index (χ2v) is 10.4. The molecule has 8 nitrogen and oxygen atoms in total. The summed E-state index contributed by atoms with van der Waals surface area (Å²) in [5, 5.41) is 8.57. The SMILES string of the molecule is COc1ccc(-c2cnc(SCC(=O)NC(Cc3ccc4cc[nH]c4c3)C3CCCNC3)nc2)cc1OC. The number of nitrogens with zero attached hydrogens (tertiary/aromatic N) is 2. The zero-order chi connectivity index (χ0) is 26.3. The number of aromatic amines is 1. The highest BCUT2D eigenvalue weighted by atomic mass is 32.2. The Kier molecular flexibility index (Phi) is 8.45. The third-order valence-electron chi connectivity index (χ3n) is 7.00. The predicted molar refractivity (Wildman–Crippen MR) is 151 cm³/mol. The van der Waals surface area contributed by atoms with Crippen molar-refractivity contribution in [3.63, 3.8) is 0 Å². The van der Waals surface area contributed by atoms with Crippen molar-refractivity contribution in [1.29, 1.82) is 0 Å². The lowest BCUT2D eigenvalue weighted by Gasteiger charge is -2.31. The van der Waals surface area contributed by atoms with Crippen LogP contribution in [0.1, 0.15) is 18.4 Å². The number of piperidine rings is 1. The fourth-order valence-electron chi connectivity index (χ4n) is 4.97. The first-order chi connectivity index (χ1) is 18.6. The third kappa shape index (κ3) is 6.28. The molecule has 1 fully saturated rings. The van der Waals surface area contributed by atoms with E-state index in [2.05, 4.69) is 49.9 Å². The Labute approximate surface area is 226 Å². The van der Waals surface area contributed by atoms with E-state index in [1.54, 1.807) is 26.6 Å². The summed E-state index contributed by atoms with van der Waals surface area (Å²) in [6, 6.07) is 14.3. The predicted octanol–water partition coefficient (Wildman–Crippen LogP) is 4.46. The maximum atomic E-state index is 13.0. The molecular weight excluding hydrogens is 498 g/mol. The van der Waals surface area contributed by atoms with Gasteiger partial charge < -0.3 is 25.1 Å². The molecule has 3 N–H and O–H groups in total. The highest BCUT2D eigenvalue weighted by Crippen LogP contribution is 2.32. The second kappa shape index (κ2) is 12.3. The first-order valence-electron chi connectivity index (χ1n) is 12.9. The zero-order valence-corrected chi connectivity index (χ0v) is 22.5. The highest BCUT2D eigenvalue weighted by molar-refractivity contribution is 7.99. The summed E-state index contributed by atoms with van der Waals surface area (Å²) >= 11 is 1.34. The van der Waals surface area contributed by atoms with Crippen molar-refractivity contribution in [2.24, 2.45) is 5.92 Å². The van der Waals surface area contributed by atoms with Gasteiger partial charge in [0, 0.05) is 35.7 Å². The molecule has 4 aromatic rings. The van der Waals surface area contributed by atoms with E-state index in [0.717, 1.165) is 49.0 Å². The van der Waals surface area contributed by atoms with Crippen LogP contribution in [-0.4, -0.2) is 60.0 Å². The standard InChI is InChI=1S/C29H33N5O3S/c1-36-26-8-7-21(14-27(26)37-2)23-16-32-29(33-17-23)38-18-28(35)34-25(22-4-3-10-30-15-22)13-19-5-6-20-9-11-31-24(20)12-19/h5-9,11-12,14,16-17,22,25,30-31H,3-4,10,13,15,18H2,1-2H3,(H,34,35). The molecule has 198 valence electrons. The molecule has 2 aromatic carbocycles. The quantitative estimate of drug-likeness (QED) is 0.205. The van der Waals surface area contributed by atoms with Gasteiger partial charge in [0.2, 0.25) is 5.91 Å². The molecule has 38 heavy (non-hydrogen) atoms. The average Bonchev–Trinajstić information content (AvgIpc) is 3.44. The molecule has 1 saturated heterocycles. The summed E-state index contributed by atoms with van der Waals surface area (Å²) in [5.41, 5.74) is 4.14. The first-order valence-corrected chi connectivity index (χ1v) is 13.8. The Morgan fingerprint density at radius 3 is 2.68 bits per heavy atom. The van der Waals surface area contributed by atoms with Gasteiger partial charge in [-0.05, 0) is 79.0 Å². The summed E-state index contributed by atoms with van der Waals surface area (Å²) < 4.78 is 10.7. The van der Waals surface area contributed by atoms with Gasteiger partial charge in [-0.1, -0.05) is 30.0 Å². The normalized spacial score (nSPS) is 16.2. The van der Waals surface area contributed by atoms with Crippen LogP contribution in [0.25, 0.3) is 22.0 Å². The number of benzene rings is 2. The van der Waals surface area contributed by atoms with E-state index >= 15 is 0 Å². The Morgan fingerprint density at radius 1 is 1.08 bits per heavy atom. The van der Waals surface area contributed by atoms with Crippen molar-refractivity contribution >= 4 is 28.6 Å². The number of thioether (sulfide) groups is 1. The summed E-state index contributed by atoms with van der Waals surface area (Å²) in [6.45, 7) is 1.96. The number of carbonyl (C=O) groups is 1. The lowest BCUT2D eigenvalue weighted by Crippen LogP contribution is -2.48. The minimum atomic E-state index is -0.000840. The smallest absolute Gasteiger partial charge is 0.230 e. The number of carbonyl (C=O) groups excluding carboxylic acids is 1. The molecule has 3 heterocycles. The van der Waals surface area contributed by atoms with Crippen LogP contribution in [-0.2, 0) is 11.2 Å². The molecule has 9 heteroatoms. The molecule has 0 bridgehead atoms. The van der Waals surface area contributed by atoms with Crippen LogP contribution in [0.15, 0.2) is 66.2 Å². The van der Waals surface area contributed by atoms with Crippen LogP contribution in [0.3, 0.4) is 0 Å². The molecule has 1 amide bonds. The largest absolute Gasteiger partial charge is 0.493 e. The van der Waals surface area contributed by atoms with Crippen molar-refractivity contribution in [3.05, 3.63) is 66.6 Å². The van der Waals surface area contributed by atoms with Crippen molar-refractivity contribution in [2.75, 3.05) is 33.1 Å². The minimum absolute atomic E-state index is 0.000840. The lowest BCUT2D eigenvalue weighted by atomic mass is 9.87. The van der Waals surface area contributed by atoms with Crippen LogP contribution in [0.5, 0.6) is 11.5 Å². The molecule has 1 aliphatic rings. The highest BCUT2D eigenvalue weighted by Gasteiger charge is 2.25.